The lowest BCUT2D eigenvalue weighted by Gasteiger charge is -2.34. The largest absolute Gasteiger partial charge is 0.334 e. The molecule has 6 nitrogen and oxygen atoms in total. The molecule has 1 aromatic heterocycles. The molecule has 0 spiro atoms. The van der Waals surface area contributed by atoms with Crippen LogP contribution in [0.3, 0.4) is 0 Å². The molecular weight excluding hydrogens is 350 g/mol. The molecule has 0 amide bonds. The highest BCUT2D eigenvalue weighted by molar-refractivity contribution is 7.89. The van der Waals surface area contributed by atoms with Crippen molar-refractivity contribution in [2.45, 2.75) is 18.4 Å². The zero-order valence-corrected chi connectivity index (χ0v) is 14.7. The van der Waals surface area contributed by atoms with Crippen LogP contribution >= 0.6 is 0 Å². The number of piperazine rings is 1. The number of halogens is 2. The Morgan fingerprint density at radius 1 is 1.12 bits per heavy atom. The number of sulfonamides is 1. The van der Waals surface area contributed by atoms with Crippen LogP contribution in [0.5, 0.6) is 0 Å². The fourth-order valence-corrected chi connectivity index (χ4v) is 4.39. The van der Waals surface area contributed by atoms with Crippen LogP contribution in [0.2, 0.25) is 0 Å². The highest BCUT2D eigenvalue weighted by Crippen LogP contribution is 2.21. The number of aryl methyl sites for hydroxylation is 1. The number of aromatic nitrogens is 2. The summed E-state index contributed by atoms with van der Waals surface area (Å²) >= 11 is 0. The Bertz CT molecular complexity index is 846. The van der Waals surface area contributed by atoms with E-state index < -0.39 is 26.6 Å². The fourth-order valence-electron chi connectivity index (χ4n) is 2.90. The van der Waals surface area contributed by atoms with Crippen molar-refractivity contribution in [2.24, 2.45) is 0 Å². The Morgan fingerprint density at radius 2 is 1.84 bits per heavy atom. The first kappa shape index (κ1) is 18.0. The molecule has 1 fully saturated rings. The van der Waals surface area contributed by atoms with Gasteiger partial charge in [0.15, 0.2) is 0 Å². The van der Waals surface area contributed by atoms with E-state index in [9.17, 15) is 17.2 Å². The van der Waals surface area contributed by atoms with Crippen molar-refractivity contribution in [1.82, 2.24) is 18.8 Å². The second-order valence-electron chi connectivity index (χ2n) is 5.99. The Morgan fingerprint density at radius 3 is 2.48 bits per heavy atom. The maximum atomic E-state index is 13.8. The van der Waals surface area contributed by atoms with Gasteiger partial charge in [0.2, 0.25) is 10.0 Å². The first-order valence-electron chi connectivity index (χ1n) is 8.03. The summed E-state index contributed by atoms with van der Waals surface area (Å²) in [7, 11) is -4.03. The molecule has 25 heavy (non-hydrogen) atoms. The smallest absolute Gasteiger partial charge is 0.246 e. The number of imidazole rings is 1. The van der Waals surface area contributed by atoms with Gasteiger partial charge in [-0.2, -0.15) is 4.31 Å². The summed E-state index contributed by atoms with van der Waals surface area (Å²) in [5.74, 6) is -0.767. The maximum Gasteiger partial charge on any atom is 0.246 e. The number of hydrogen-bond acceptors (Lipinski definition) is 4. The van der Waals surface area contributed by atoms with Gasteiger partial charge in [0.05, 0.1) is 0 Å². The zero-order valence-electron chi connectivity index (χ0n) is 13.9. The third-order valence-corrected chi connectivity index (χ3v) is 6.34. The number of rotatable bonds is 5. The van der Waals surface area contributed by atoms with E-state index in [-0.39, 0.29) is 13.1 Å². The minimum Gasteiger partial charge on any atom is -0.334 e. The van der Waals surface area contributed by atoms with Gasteiger partial charge < -0.3 is 4.57 Å². The van der Waals surface area contributed by atoms with E-state index in [2.05, 4.69) is 9.88 Å². The van der Waals surface area contributed by atoms with Crippen LogP contribution in [0, 0.1) is 18.6 Å². The van der Waals surface area contributed by atoms with Crippen molar-refractivity contribution in [1.29, 1.82) is 0 Å². The molecule has 2 heterocycles. The van der Waals surface area contributed by atoms with Crippen LogP contribution in [0.1, 0.15) is 5.82 Å². The third kappa shape index (κ3) is 3.88. The van der Waals surface area contributed by atoms with Crippen molar-refractivity contribution in [3.05, 3.63) is 48.1 Å². The summed E-state index contributed by atoms with van der Waals surface area (Å²) < 4.78 is 55.5. The molecule has 0 aliphatic carbocycles. The van der Waals surface area contributed by atoms with E-state index in [1.165, 1.54) is 4.31 Å². The van der Waals surface area contributed by atoms with Crippen LogP contribution < -0.4 is 0 Å². The SMILES string of the molecule is Cc1nccn1CCN1CCN(S(=O)(=O)c2cc(F)ccc2F)CC1. The van der Waals surface area contributed by atoms with Crippen molar-refractivity contribution < 1.29 is 17.2 Å². The zero-order chi connectivity index (χ0) is 18.0. The number of hydrogen-bond donors (Lipinski definition) is 0. The highest BCUT2D eigenvalue weighted by atomic mass is 32.2. The Kier molecular flexibility index (Phi) is 5.16. The molecule has 3 rings (SSSR count). The van der Waals surface area contributed by atoms with E-state index in [1.807, 2.05) is 17.7 Å². The van der Waals surface area contributed by atoms with Gasteiger partial charge >= 0.3 is 0 Å². The summed E-state index contributed by atoms with van der Waals surface area (Å²) in [6, 6.07) is 2.48. The number of benzene rings is 1. The normalized spacial score (nSPS) is 17.1. The minimum absolute atomic E-state index is 0.251. The first-order valence-corrected chi connectivity index (χ1v) is 9.47. The van der Waals surface area contributed by atoms with Crippen molar-refractivity contribution in [3.8, 4) is 0 Å². The summed E-state index contributed by atoms with van der Waals surface area (Å²) in [6.07, 6.45) is 3.65. The number of nitrogens with zero attached hydrogens (tertiary/aromatic N) is 4. The molecule has 0 unspecified atom stereocenters. The molecule has 1 aromatic carbocycles. The van der Waals surface area contributed by atoms with Gasteiger partial charge in [0, 0.05) is 51.7 Å². The topological polar surface area (TPSA) is 58.4 Å². The molecule has 0 N–H and O–H groups in total. The highest BCUT2D eigenvalue weighted by Gasteiger charge is 2.30. The predicted molar refractivity (Wildman–Crippen MR) is 88.5 cm³/mol. The average molecular weight is 370 g/mol. The summed E-state index contributed by atoms with van der Waals surface area (Å²) in [5, 5.41) is 0. The molecule has 1 aliphatic rings. The Labute approximate surface area is 145 Å². The predicted octanol–water partition coefficient (Wildman–Crippen LogP) is 1.48. The molecule has 0 atom stereocenters. The van der Waals surface area contributed by atoms with E-state index in [4.69, 9.17) is 0 Å². The lowest BCUT2D eigenvalue weighted by Crippen LogP contribution is -2.49. The average Bonchev–Trinajstić information content (AvgIpc) is 3.00. The second kappa shape index (κ2) is 7.19. The lowest BCUT2D eigenvalue weighted by atomic mass is 10.3. The quantitative estimate of drug-likeness (QED) is 0.800. The molecule has 9 heteroatoms. The molecule has 2 aromatic rings. The fraction of sp³-hybridized carbons (Fsp3) is 0.438. The molecule has 1 saturated heterocycles. The van der Waals surface area contributed by atoms with Gasteiger partial charge in [0.25, 0.3) is 0 Å². The van der Waals surface area contributed by atoms with Gasteiger partial charge in [-0.1, -0.05) is 0 Å². The molecule has 0 bridgehead atoms. The minimum atomic E-state index is -4.03. The van der Waals surface area contributed by atoms with Crippen LogP contribution in [0.25, 0.3) is 0 Å². The monoisotopic (exact) mass is 370 g/mol. The van der Waals surface area contributed by atoms with Gasteiger partial charge in [0.1, 0.15) is 22.4 Å². The van der Waals surface area contributed by atoms with Crippen LogP contribution in [-0.4, -0.2) is 59.9 Å². The lowest BCUT2D eigenvalue weighted by molar-refractivity contribution is 0.182. The maximum absolute atomic E-state index is 13.8. The van der Waals surface area contributed by atoms with E-state index in [0.29, 0.717) is 13.1 Å². The molecule has 0 radical (unpaired) electrons. The second-order valence-corrected chi connectivity index (χ2v) is 7.89. The van der Waals surface area contributed by atoms with Crippen LogP contribution in [-0.2, 0) is 16.6 Å². The first-order chi connectivity index (χ1) is 11.9. The molecule has 1 aliphatic heterocycles. The standard InChI is InChI=1S/C16H20F2N4O2S/c1-13-19-4-5-21(13)9-6-20-7-10-22(11-8-20)25(23,24)16-12-14(17)2-3-15(16)18/h2-5,12H,6-11H2,1H3. The van der Waals surface area contributed by atoms with E-state index in [0.717, 1.165) is 37.1 Å². The van der Waals surface area contributed by atoms with Crippen LogP contribution in [0.15, 0.2) is 35.5 Å². The third-order valence-electron chi connectivity index (χ3n) is 4.42. The molecule has 136 valence electrons. The van der Waals surface area contributed by atoms with Crippen LogP contribution in [0.4, 0.5) is 8.78 Å². The van der Waals surface area contributed by atoms with Gasteiger partial charge in [-0.3, -0.25) is 4.90 Å². The van der Waals surface area contributed by atoms with Gasteiger partial charge in [-0.15, -0.1) is 0 Å². The van der Waals surface area contributed by atoms with Crippen molar-refractivity contribution in [3.63, 3.8) is 0 Å². The molecule has 0 saturated carbocycles. The summed E-state index contributed by atoms with van der Waals surface area (Å²) in [6.45, 7) is 5.07. The molecular formula is C16H20F2N4O2S. The van der Waals surface area contributed by atoms with Gasteiger partial charge in [-0.25, -0.2) is 22.2 Å². The van der Waals surface area contributed by atoms with E-state index >= 15 is 0 Å². The van der Waals surface area contributed by atoms with Crippen molar-refractivity contribution >= 4 is 10.0 Å². The van der Waals surface area contributed by atoms with E-state index in [1.54, 1.807) is 6.20 Å². The van der Waals surface area contributed by atoms with Gasteiger partial charge in [-0.05, 0) is 25.1 Å². The summed E-state index contributed by atoms with van der Waals surface area (Å²) in [5.41, 5.74) is 0. The summed E-state index contributed by atoms with van der Waals surface area (Å²) in [4.78, 5) is 5.71. The van der Waals surface area contributed by atoms with Crippen molar-refractivity contribution in [2.75, 3.05) is 32.7 Å². The Hall–Kier alpha value is -1.84. The Balaban J connectivity index is 1.61.